The summed E-state index contributed by atoms with van der Waals surface area (Å²) >= 11 is 0. The predicted octanol–water partition coefficient (Wildman–Crippen LogP) is 1.62. The maximum Gasteiger partial charge on any atom is 0.310 e. The number of hydrogen-bond donors (Lipinski definition) is 0. The summed E-state index contributed by atoms with van der Waals surface area (Å²) in [7, 11) is -0.299. The zero-order valence-corrected chi connectivity index (χ0v) is 16.2. The number of aromatic nitrogens is 1. The summed E-state index contributed by atoms with van der Waals surface area (Å²) in [6.45, 7) is 0. The van der Waals surface area contributed by atoms with Crippen LogP contribution in [-0.2, 0) is 10.0 Å². The average Bonchev–Trinajstić information content (AvgIpc) is 2.66. The highest BCUT2D eigenvalue weighted by atomic mass is 32.2. The molecule has 12 heteroatoms. The van der Waals surface area contributed by atoms with Crippen LogP contribution < -0.4 is 18.5 Å². The van der Waals surface area contributed by atoms with Crippen molar-refractivity contribution in [3.8, 4) is 17.5 Å². The van der Waals surface area contributed by atoms with Gasteiger partial charge in [0.2, 0.25) is 21.8 Å². The van der Waals surface area contributed by atoms with E-state index < -0.39 is 20.9 Å². The topological polar surface area (TPSA) is 138 Å². The first kappa shape index (κ1) is 20.9. The van der Waals surface area contributed by atoms with E-state index in [4.69, 9.17) is 14.2 Å². The molecule has 0 spiro atoms. The Labute approximate surface area is 160 Å². The molecule has 0 N–H and O–H groups in total. The first-order valence-electron chi connectivity index (χ1n) is 7.60. The van der Waals surface area contributed by atoms with Crippen LogP contribution in [0.25, 0.3) is 0 Å². The van der Waals surface area contributed by atoms with E-state index in [0.29, 0.717) is 4.31 Å². The van der Waals surface area contributed by atoms with E-state index in [1.165, 1.54) is 33.5 Å². The number of hydrogen-bond acceptors (Lipinski definition) is 9. The second-order valence-electron chi connectivity index (χ2n) is 5.36. The van der Waals surface area contributed by atoms with Crippen molar-refractivity contribution in [3.05, 3.63) is 46.0 Å². The Kier molecular flexibility index (Phi) is 6.03. The molecule has 0 saturated heterocycles. The lowest BCUT2D eigenvalue weighted by Gasteiger charge is -2.22. The number of sulfonamides is 1. The van der Waals surface area contributed by atoms with Crippen LogP contribution in [0.1, 0.15) is 10.4 Å². The minimum absolute atomic E-state index is 0.145. The fourth-order valence-electron chi connectivity index (χ4n) is 2.35. The first-order chi connectivity index (χ1) is 13.1. The van der Waals surface area contributed by atoms with Gasteiger partial charge >= 0.3 is 5.69 Å². The Morgan fingerprint density at radius 1 is 1.11 bits per heavy atom. The summed E-state index contributed by atoms with van der Waals surface area (Å²) in [5, 5.41) is 11.0. The number of carbonyl (C=O) groups excluding carboxylic acids is 1. The SMILES string of the molecule is COc1ccc(N(C(=O)c2ccc([N+](=O)[O-])c(OC)c2)S(C)(=O)=O)c(OC)n1. The third-order valence-electron chi connectivity index (χ3n) is 3.58. The Morgan fingerprint density at radius 2 is 1.79 bits per heavy atom. The molecule has 0 fully saturated rings. The van der Waals surface area contributed by atoms with Gasteiger partial charge in [0.25, 0.3) is 5.91 Å². The van der Waals surface area contributed by atoms with Gasteiger partial charge in [-0.3, -0.25) is 14.9 Å². The number of amides is 1. The van der Waals surface area contributed by atoms with Gasteiger partial charge in [-0.25, -0.2) is 8.42 Å². The van der Waals surface area contributed by atoms with Crippen LogP contribution in [-0.4, -0.2) is 51.8 Å². The highest BCUT2D eigenvalue weighted by Gasteiger charge is 2.31. The van der Waals surface area contributed by atoms with Gasteiger partial charge in [0.05, 0.1) is 32.5 Å². The first-order valence-corrected chi connectivity index (χ1v) is 9.45. The zero-order valence-electron chi connectivity index (χ0n) is 15.4. The van der Waals surface area contributed by atoms with Crippen molar-refractivity contribution < 1.29 is 32.3 Å². The maximum atomic E-state index is 13.0. The summed E-state index contributed by atoms with van der Waals surface area (Å²) in [5.74, 6) is -1.17. The van der Waals surface area contributed by atoms with Gasteiger partial charge in [-0.15, -0.1) is 0 Å². The Hall–Kier alpha value is -3.41. The highest BCUT2D eigenvalue weighted by Crippen LogP contribution is 2.33. The number of ether oxygens (including phenoxy) is 3. The van der Waals surface area contributed by atoms with Crippen LogP contribution in [0.5, 0.6) is 17.5 Å². The second kappa shape index (κ2) is 8.08. The van der Waals surface area contributed by atoms with E-state index in [0.717, 1.165) is 24.5 Å². The summed E-state index contributed by atoms with van der Waals surface area (Å²) in [4.78, 5) is 27.3. The second-order valence-corrected chi connectivity index (χ2v) is 7.19. The molecule has 0 unspecified atom stereocenters. The predicted molar refractivity (Wildman–Crippen MR) is 98.6 cm³/mol. The molecule has 0 atom stereocenters. The standard InChI is InChI=1S/C16H17N3O8S/c1-25-13-9-10(5-6-11(13)19(21)22)16(20)18(28(4,23)24)12-7-8-14(26-2)17-15(12)27-3/h5-9H,1-4H3. The number of nitro benzene ring substituents is 1. The van der Waals surface area contributed by atoms with Crippen LogP contribution >= 0.6 is 0 Å². The molecule has 0 aliphatic rings. The van der Waals surface area contributed by atoms with Gasteiger partial charge < -0.3 is 14.2 Å². The number of anilines is 1. The number of nitrogens with zero attached hydrogens (tertiary/aromatic N) is 3. The van der Waals surface area contributed by atoms with Crippen molar-refractivity contribution >= 4 is 27.3 Å². The van der Waals surface area contributed by atoms with Gasteiger partial charge in [0.1, 0.15) is 5.69 Å². The monoisotopic (exact) mass is 411 g/mol. The third-order valence-corrected chi connectivity index (χ3v) is 4.60. The molecule has 0 aliphatic heterocycles. The molecule has 0 saturated carbocycles. The fraction of sp³-hybridized carbons (Fsp3) is 0.250. The number of methoxy groups -OCH3 is 3. The quantitative estimate of drug-likeness (QED) is 0.491. The van der Waals surface area contributed by atoms with E-state index in [-0.39, 0.29) is 34.4 Å². The molecule has 0 bridgehead atoms. The van der Waals surface area contributed by atoms with Crippen molar-refractivity contribution in [3.63, 3.8) is 0 Å². The van der Waals surface area contributed by atoms with Crippen LogP contribution in [0.15, 0.2) is 30.3 Å². The van der Waals surface area contributed by atoms with Gasteiger partial charge in [0.15, 0.2) is 5.75 Å². The zero-order chi connectivity index (χ0) is 21.1. The molecular weight excluding hydrogens is 394 g/mol. The van der Waals surface area contributed by atoms with Gasteiger partial charge in [0, 0.05) is 23.8 Å². The van der Waals surface area contributed by atoms with E-state index in [1.807, 2.05) is 0 Å². The normalized spacial score (nSPS) is 10.9. The largest absolute Gasteiger partial charge is 0.490 e. The molecule has 2 aromatic rings. The van der Waals surface area contributed by atoms with E-state index in [2.05, 4.69) is 4.98 Å². The summed E-state index contributed by atoms with van der Waals surface area (Å²) in [6.07, 6.45) is 0.831. The maximum absolute atomic E-state index is 13.0. The number of pyridine rings is 1. The molecule has 1 aromatic carbocycles. The highest BCUT2D eigenvalue weighted by molar-refractivity contribution is 7.92. The lowest BCUT2D eigenvalue weighted by atomic mass is 10.1. The number of nitro groups is 1. The van der Waals surface area contributed by atoms with E-state index in [1.54, 1.807) is 0 Å². The Balaban J connectivity index is 2.63. The molecule has 11 nitrogen and oxygen atoms in total. The molecule has 1 heterocycles. The lowest BCUT2D eigenvalue weighted by Crippen LogP contribution is -2.36. The molecule has 150 valence electrons. The minimum atomic E-state index is -4.12. The summed E-state index contributed by atoms with van der Waals surface area (Å²) in [6, 6.07) is 5.93. The van der Waals surface area contributed by atoms with Crippen molar-refractivity contribution in [1.29, 1.82) is 0 Å². The van der Waals surface area contributed by atoms with Gasteiger partial charge in [-0.05, 0) is 12.1 Å². The lowest BCUT2D eigenvalue weighted by molar-refractivity contribution is -0.385. The van der Waals surface area contributed by atoms with Crippen molar-refractivity contribution in [1.82, 2.24) is 4.98 Å². The van der Waals surface area contributed by atoms with Gasteiger partial charge in [-0.2, -0.15) is 9.29 Å². The van der Waals surface area contributed by atoms with Gasteiger partial charge in [-0.1, -0.05) is 0 Å². The summed E-state index contributed by atoms with van der Waals surface area (Å²) in [5.41, 5.74) is -0.660. The van der Waals surface area contributed by atoms with Crippen molar-refractivity contribution in [2.24, 2.45) is 0 Å². The molecule has 0 radical (unpaired) electrons. The Bertz CT molecular complexity index is 1020. The summed E-state index contributed by atoms with van der Waals surface area (Å²) < 4.78 is 40.2. The number of carbonyl (C=O) groups is 1. The number of benzene rings is 1. The molecule has 2 rings (SSSR count). The van der Waals surface area contributed by atoms with E-state index >= 15 is 0 Å². The molecular formula is C16H17N3O8S. The molecule has 1 aromatic heterocycles. The number of rotatable bonds is 7. The Morgan fingerprint density at radius 3 is 2.29 bits per heavy atom. The van der Waals surface area contributed by atoms with Crippen LogP contribution in [0.4, 0.5) is 11.4 Å². The van der Waals surface area contributed by atoms with Crippen LogP contribution in [0.2, 0.25) is 0 Å². The molecule has 28 heavy (non-hydrogen) atoms. The smallest absolute Gasteiger partial charge is 0.310 e. The minimum Gasteiger partial charge on any atom is -0.490 e. The van der Waals surface area contributed by atoms with Crippen molar-refractivity contribution in [2.45, 2.75) is 0 Å². The average molecular weight is 411 g/mol. The molecule has 1 amide bonds. The van der Waals surface area contributed by atoms with Crippen molar-refractivity contribution in [2.75, 3.05) is 31.9 Å². The van der Waals surface area contributed by atoms with Crippen LogP contribution in [0, 0.1) is 10.1 Å². The fourth-order valence-corrected chi connectivity index (χ4v) is 3.25. The van der Waals surface area contributed by atoms with Crippen LogP contribution in [0.3, 0.4) is 0 Å². The third kappa shape index (κ3) is 4.11. The molecule has 0 aliphatic carbocycles. The van der Waals surface area contributed by atoms with E-state index in [9.17, 15) is 23.3 Å².